The maximum absolute atomic E-state index is 12.8. The summed E-state index contributed by atoms with van der Waals surface area (Å²) in [5, 5.41) is 4.06. The van der Waals surface area contributed by atoms with Crippen molar-refractivity contribution in [2.75, 3.05) is 17.7 Å². The summed E-state index contributed by atoms with van der Waals surface area (Å²) < 4.78 is 5.24. The fourth-order valence-corrected chi connectivity index (χ4v) is 3.99. The largest absolute Gasteiger partial charge is 0.467 e. The molecule has 2 N–H and O–H groups in total. The Morgan fingerprint density at radius 1 is 1.19 bits per heavy atom. The van der Waals surface area contributed by atoms with Gasteiger partial charge in [0.2, 0.25) is 5.91 Å². The van der Waals surface area contributed by atoms with Crippen LogP contribution in [0, 0.1) is 0 Å². The van der Waals surface area contributed by atoms with Crippen molar-refractivity contribution in [2.24, 2.45) is 0 Å². The summed E-state index contributed by atoms with van der Waals surface area (Å²) in [6.45, 7) is 0.268. The summed E-state index contributed by atoms with van der Waals surface area (Å²) in [7, 11) is 1.65. The zero-order valence-electron chi connectivity index (χ0n) is 16.6. The molecule has 0 spiro atoms. The maximum Gasteiger partial charge on any atom is 0.253 e. The number of anilines is 1. The second kappa shape index (κ2) is 9.28. The van der Waals surface area contributed by atoms with E-state index in [-0.39, 0.29) is 24.1 Å². The molecular weight excluding hydrogens is 436 g/mol. The SMILES string of the molecule is CN(C(=O)CSc1nc2ccc(Cl)cc2[nH]1)c1ccccc1C(=O)NCc1ccco1. The van der Waals surface area contributed by atoms with Crippen LogP contribution in [0.2, 0.25) is 5.02 Å². The average Bonchev–Trinajstić information content (AvgIpc) is 3.44. The minimum Gasteiger partial charge on any atom is -0.467 e. The molecule has 0 aliphatic heterocycles. The number of para-hydroxylation sites is 1. The zero-order valence-corrected chi connectivity index (χ0v) is 18.2. The molecule has 0 saturated carbocycles. The van der Waals surface area contributed by atoms with Crippen LogP contribution in [-0.4, -0.2) is 34.6 Å². The number of aromatic nitrogens is 2. The first-order valence-corrected chi connectivity index (χ1v) is 10.8. The lowest BCUT2D eigenvalue weighted by atomic mass is 10.1. The first-order valence-electron chi connectivity index (χ1n) is 9.45. The van der Waals surface area contributed by atoms with Crippen LogP contribution in [0.4, 0.5) is 5.69 Å². The molecule has 0 aliphatic carbocycles. The third kappa shape index (κ3) is 4.92. The fraction of sp³-hybridized carbons (Fsp3) is 0.136. The van der Waals surface area contributed by atoms with Gasteiger partial charge in [-0.15, -0.1) is 0 Å². The molecule has 2 heterocycles. The Kier molecular flexibility index (Phi) is 6.29. The summed E-state index contributed by atoms with van der Waals surface area (Å²) in [6.07, 6.45) is 1.55. The van der Waals surface area contributed by atoms with Crippen LogP contribution in [0.3, 0.4) is 0 Å². The van der Waals surface area contributed by atoms with Crippen molar-refractivity contribution in [1.82, 2.24) is 15.3 Å². The van der Waals surface area contributed by atoms with E-state index in [4.69, 9.17) is 16.0 Å². The second-order valence-corrected chi connectivity index (χ2v) is 8.12. The Balaban J connectivity index is 1.42. The Hall–Kier alpha value is -3.23. The van der Waals surface area contributed by atoms with Crippen LogP contribution >= 0.6 is 23.4 Å². The van der Waals surface area contributed by atoms with E-state index in [1.54, 1.807) is 61.8 Å². The van der Waals surface area contributed by atoms with Gasteiger partial charge in [0, 0.05) is 12.1 Å². The number of furan rings is 1. The van der Waals surface area contributed by atoms with Crippen molar-refractivity contribution in [3.63, 3.8) is 0 Å². The fourth-order valence-electron chi connectivity index (χ4n) is 3.02. The van der Waals surface area contributed by atoms with Crippen molar-refractivity contribution in [1.29, 1.82) is 0 Å². The number of imidazole rings is 1. The van der Waals surface area contributed by atoms with Crippen molar-refractivity contribution in [2.45, 2.75) is 11.7 Å². The van der Waals surface area contributed by atoms with E-state index in [9.17, 15) is 9.59 Å². The lowest BCUT2D eigenvalue weighted by Gasteiger charge is -2.20. The van der Waals surface area contributed by atoms with Crippen molar-refractivity contribution in [3.8, 4) is 0 Å². The molecule has 158 valence electrons. The third-order valence-corrected chi connectivity index (χ3v) is 5.74. The number of carbonyl (C=O) groups is 2. The van der Waals surface area contributed by atoms with Gasteiger partial charge < -0.3 is 19.6 Å². The molecule has 2 aromatic heterocycles. The minimum absolute atomic E-state index is 0.158. The van der Waals surface area contributed by atoms with Gasteiger partial charge >= 0.3 is 0 Å². The number of hydrogen-bond acceptors (Lipinski definition) is 5. The van der Waals surface area contributed by atoms with Crippen LogP contribution in [-0.2, 0) is 11.3 Å². The van der Waals surface area contributed by atoms with Gasteiger partial charge in [0.05, 0.1) is 40.8 Å². The van der Waals surface area contributed by atoms with Crippen molar-refractivity contribution >= 4 is 51.9 Å². The number of aromatic amines is 1. The lowest BCUT2D eigenvalue weighted by Crippen LogP contribution is -2.31. The summed E-state index contributed by atoms with van der Waals surface area (Å²) >= 11 is 7.30. The molecule has 0 aliphatic rings. The van der Waals surface area contributed by atoms with Crippen LogP contribution in [0.5, 0.6) is 0 Å². The molecule has 0 unspecified atom stereocenters. The molecule has 0 fully saturated rings. The van der Waals surface area contributed by atoms with Gasteiger partial charge in [0.1, 0.15) is 5.76 Å². The van der Waals surface area contributed by atoms with E-state index in [1.165, 1.54) is 16.7 Å². The molecule has 4 aromatic rings. The standard InChI is InChI=1S/C22H19ClN4O3S/c1-27(20(28)13-31-22-25-17-9-8-14(23)11-18(17)26-22)19-7-3-2-6-16(19)21(29)24-12-15-5-4-10-30-15/h2-11H,12-13H2,1H3,(H,24,29)(H,25,26). The monoisotopic (exact) mass is 454 g/mol. The number of carbonyl (C=O) groups excluding carboxylic acids is 2. The number of amides is 2. The Morgan fingerprint density at radius 3 is 2.84 bits per heavy atom. The number of hydrogen-bond donors (Lipinski definition) is 2. The molecule has 2 amide bonds. The Labute approximate surface area is 187 Å². The van der Waals surface area contributed by atoms with E-state index in [1.807, 2.05) is 6.07 Å². The number of H-pyrrole nitrogens is 1. The van der Waals surface area contributed by atoms with E-state index < -0.39 is 0 Å². The van der Waals surface area contributed by atoms with Crippen molar-refractivity contribution in [3.05, 3.63) is 77.2 Å². The third-order valence-electron chi connectivity index (χ3n) is 4.64. The van der Waals surface area contributed by atoms with E-state index in [0.717, 1.165) is 11.0 Å². The molecule has 0 bridgehead atoms. The quantitative estimate of drug-likeness (QED) is 0.401. The van der Waals surface area contributed by atoms with Gasteiger partial charge in [-0.25, -0.2) is 4.98 Å². The van der Waals surface area contributed by atoms with E-state index in [0.29, 0.717) is 27.2 Å². The van der Waals surface area contributed by atoms with Crippen LogP contribution in [0.1, 0.15) is 16.1 Å². The van der Waals surface area contributed by atoms with Crippen molar-refractivity contribution < 1.29 is 14.0 Å². The average molecular weight is 455 g/mol. The van der Waals surface area contributed by atoms with Gasteiger partial charge in [-0.05, 0) is 42.5 Å². The molecule has 4 rings (SSSR count). The van der Waals surface area contributed by atoms with E-state index in [2.05, 4.69) is 15.3 Å². The zero-order chi connectivity index (χ0) is 21.8. The number of fused-ring (bicyclic) bond motifs is 1. The number of halogens is 1. The van der Waals surface area contributed by atoms with Crippen LogP contribution in [0.15, 0.2) is 70.4 Å². The summed E-state index contributed by atoms with van der Waals surface area (Å²) in [4.78, 5) is 34.6. The minimum atomic E-state index is -0.284. The topological polar surface area (TPSA) is 91.2 Å². The number of benzene rings is 2. The van der Waals surface area contributed by atoms with Gasteiger partial charge in [-0.2, -0.15) is 0 Å². The number of nitrogens with one attached hydrogen (secondary N) is 2. The summed E-state index contributed by atoms with van der Waals surface area (Å²) in [6, 6.07) is 15.9. The predicted octanol–water partition coefficient (Wildman–Crippen LogP) is 4.49. The molecule has 2 aromatic carbocycles. The highest BCUT2D eigenvalue weighted by atomic mass is 35.5. The van der Waals surface area contributed by atoms with E-state index >= 15 is 0 Å². The Morgan fingerprint density at radius 2 is 2.03 bits per heavy atom. The highest BCUT2D eigenvalue weighted by molar-refractivity contribution is 7.99. The maximum atomic E-state index is 12.8. The van der Waals surface area contributed by atoms with Crippen LogP contribution in [0.25, 0.3) is 11.0 Å². The first-order chi connectivity index (χ1) is 15.0. The van der Waals surface area contributed by atoms with Gasteiger partial charge in [-0.3, -0.25) is 9.59 Å². The highest BCUT2D eigenvalue weighted by Gasteiger charge is 2.19. The number of nitrogens with zero attached hydrogens (tertiary/aromatic N) is 2. The molecular formula is C22H19ClN4O3S. The first kappa shape index (κ1) is 21.0. The molecule has 0 saturated heterocycles. The van der Waals surface area contributed by atoms with Gasteiger partial charge in [0.15, 0.2) is 5.16 Å². The second-order valence-electron chi connectivity index (χ2n) is 6.72. The Bertz CT molecular complexity index is 1220. The smallest absolute Gasteiger partial charge is 0.253 e. The summed E-state index contributed by atoms with van der Waals surface area (Å²) in [5.74, 6) is 0.369. The molecule has 7 nitrogen and oxygen atoms in total. The van der Waals surface area contributed by atoms with Crippen LogP contribution < -0.4 is 10.2 Å². The molecule has 31 heavy (non-hydrogen) atoms. The highest BCUT2D eigenvalue weighted by Crippen LogP contribution is 2.24. The molecule has 0 atom stereocenters. The molecule has 9 heteroatoms. The molecule has 0 radical (unpaired) electrons. The lowest BCUT2D eigenvalue weighted by molar-refractivity contribution is -0.115. The van der Waals surface area contributed by atoms with Gasteiger partial charge in [-0.1, -0.05) is 35.5 Å². The summed E-state index contributed by atoms with van der Waals surface area (Å²) in [5.41, 5.74) is 2.54. The predicted molar refractivity (Wildman–Crippen MR) is 122 cm³/mol. The normalized spacial score (nSPS) is 10.9. The number of rotatable bonds is 7. The van der Waals surface area contributed by atoms with Gasteiger partial charge in [0.25, 0.3) is 5.91 Å². The number of thioether (sulfide) groups is 1.